The summed E-state index contributed by atoms with van der Waals surface area (Å²) in [6.45, 7) is 4.14. The van der Waals surface area contributed by atoms with E-state index in [0.29, 0.717) is 0 Å². The first-order valence-electron chi connectivity index (χ1n) is 3.51. The lowest BCUT2D eigenvalue weighted by Gasteiger charge is -2.20. The van der Waals surface area contributed by atoms with Crippen LogP contribution in [0.3, 0.4) is 0 Å². The van der Waals surface area contributed by atoms with Gasteiger partial charge in [-0.2, -0.15) is 0 Å². The summed E-state index contributed by atoms with van der Waals surface area (Å²) in [7, 11) is 1.91. The van der Waals surface area contributed by atoms with Crippen molar-refractivity contribution in [3.63, 3.8) is 0 Å². The molecule has 0 aliphatic heterocycles. The molecule has 0 saturated heterocycles. The molecular weight excluding hydrogens is 206 g/mol. The highest BCUT2D eigenvalue weighted by atomic mass is 79.9. The molecule has 1 aromatic rings. The summed E-state index contributed by atoms with van der Waals surface area (Å²) in [6.07, 6.45) is 0. The van der Waals surface area contributed by atoms with Crippen LogP contribution in [0.25, 0.3) is 0 Å². The van der Waals surface area contributed by atoms with Crippen molar-refractivity contribution in [3.05, 3.63) is 22.6 Å². The number of hydrogen-bond donors (Lipinski definition) is 1. The molecule has 0 fully saturated rings. The third kappa shape index (κ3) is 1.84. The molecule has 0 amide bonds. The minimum Gasteiger partial charge on any atom is -0.452 e. The van der Waals surface area contributed by atoms with E-state index < -0.39 is 0 Å². The minimum atomic E-state index is -0.0913. The number of furan rings is 1. The predicted molar refractivity (Wildman–Crippen MR) is 48.5 cm³/mol. The molecule has 0 saturated carbocycles. The summed E-state index contributed by atoms with van der Waals surface area (Å²) in [5.41, 5.74) is -0.0913. The molecular formula is C8H12BrNO. The van der Waals surface area contributed by atoms with Gasteiger partial charge in [0.15, 0.2) is 4.67 Å². The Morgan fingerprint density at radius 2 is 2.09 bits per heavy atom. The quantitative estimate of drug-likeness (QED) is 0.824. The number of rotatable bonds is 2. The van der Waals surface area contributed by atoms with Crippen LogP contribution in [0.1, 0.15) is 19.6 Å². The van der Waals surface area contributed by atoms with Crippen molar-refractivity contribution in [2.45, 2.75) is 19.4 Å². The van der Waals surface area contributed by atoms with E-state index in [1.54, 1.807) is 0 Å². The fourth-order valence-corrected chi connectivity index (χ4v) is 1.08. The van der Waals surface area contributed by atoms with Crippen molar-refractivity contribution >= 4 is 15.9 Å². The van der Waals surface area contributed by atoms with E-state index in [0.717, 1.165) is 10.4 Å². The van der Waals surface area contributed by atoms with Gasteiger partial charge in [-0.3, -0.25) is 0 Å². The molecule has 0 aliphatic carbocycles. The Morgan fingerprint density at radius 1 is 1.45 bits per heavy atom. The largest absolute Gasteiger partial charge is 0.452 e. The molecule has 0 atom stereocenters. The molecule has 0 spiro atoms. The van der Waals surface area contributed by atoms with E-state index in [2.05, 4.69) is 35.1 Å². The molecule has 1 N–H and O–H groups in total. The Labute approximate surface area is 75.1 Å². The number of halogens is 1. The summed E-state index contributed by atoms with van der Waals surface area (Å²) in [4.78, 5) is 0. The van der Waals surface area contributed by atoms with Crippen molar-refractivity contribution in [1.29, 1.82) is 0 Å². The first-order chi connectivity index (χ1) is 5.06. The molecule has 1 heterocycles. The van der Waals surface area contributed by atoms with Crippen LogP contribution >= 0.6 is 15.9 Å². The molecule has 1 aromatic heterocycles. The Morgan fingerprint density at radius 3 is 2.45 bits per heavy atom. The van der Waals surface area contributed by atoms with E-state index in [1.165, 1.54) is 0 Å². The first kappa shape index (κ1) is 8.81. The highest BCUT2D eigenvalue weighted by molar-refractivity contribution is 9.10. The number of hydrogen-bond acceptors (Lipinski definition) is 2. The highest BCUT2D eigenvalue weighted by Gasteiger charge is 2.21. The van der Waals surface area contributed by atoms with Gasteiger partial charge in [0.05, 0.1) is 5.54 Å². The zero-order chi connectivity index (χ0) is 8.48. The van der Waals surface area contributed by atoms with Gasteiger partial charge >= 0.3 is 0 Å². The topological polar surface area (TPSA) is 25.2 Å². The predicted octanol–water partition coefficient (Wildman–Crippen LogP) is 2.50. The fraction of sp³-hybridized carbons (Fsp3) is 0.500. The Kier molecular flexibility index (Phi) is 2.40. The monoisotopic (exact) mass is 217 g/mol. The Balaban J connectivity index is 2.92. The van der Waals surface area contributed by atoms with Crippen LogP contribution in [-0.2, 0) is 5.54 Å². The third-order valence-electron chi connectivity index (χ3n) is 1.81. The van der Waals surface area contributed by atoms with Crippen LogP contribution in [0.15, 0.2) is 21.2 Å². The molecule has 1 rings (SSSR count). The maximum Gasteiger partial charge on any atom is 0.169 e. The van der Waals surface area contributed by atoms with Gasteiger partial charge in [0, 0.05) is 0 Å². The molecule has 0 aromatic carbocycles. The van der Waals surface area contributed by atoms with Crippen LogP contribution < -0.4 is 5.32 Å². The normalized spacial score (nSPS) is 12.0. The van der Waals surface area contributed by atoms with Crippen molar-refractivity contribution in [3.8, 4) is 0 Å². The van der Waals surface area contributed by atoms with E-state index in [9.17, 15) is 0 Å². The molecule has 0 bridgehead atoms. The maximum atomic E-state index is 5.39. The molecule has 0 aliphatic rings. The molecule has 11 heavy (non-hydrogen) atoms. The first-order valence-corrected chi connectivity index (χ1v) is 4.30. The average Bonchev–Trinajstić information content (AvgIpc) is 2.36. The van der Waals surface area contributed by atoms with Crippen LogP contribution in [0.5, 0.6) is 0 Å². The smallest absolute Gasteiger partial charge is 0.169 e. The van der Waals surface area contributed by atoms with E-state index >= 15 is 0 Å². The van der Waals surface area contributed by atoms with Crippen molar-refractivity contribution < 1.29 is 4.42 Å². The summed E-state index contributed by atoms with van der Waals surface area (Å²) in [5, 5.41) is 3.16. The lowest BCUT2D eigenvalue weighted by atomic mass is 10.0. The summed E-state index contributed by atoms with van der Waals surface area (Å²) in [6, 6.07) is 3.86. The van der Waals surface area contributed by atoms with E-state index in [-0.39, 0.29) is 5.54 Å². The van der Waals surface area contributed by atoms with Gasteiger partial charge in [-0.25, -0.2) is 0 Å². The second-order valence-corrected chi connectivity index (χ2v) is 3.76. The summed E-state index contributed by atoms with van der Waals surface area (Å²) in [5.74, 6) is 0.937. The molecule has 2 nitrogen and oxygen atoms in total. The zero-order valence-electron chi connectivity index (χ0n) is 6.94. The van der Waals surface area contributed by atoms with Crippen molar-refractivity contribution in [2.75, 3.05) is 7.05 Å². The van der Waals surface area contributed by atoms with Crippen LogP contribution in [-0.4, -0.2) is 7.05 Å². The molecule has 0 unspecified atom stereocenters. The summed E-state index contributed by atoms with van der Waals surface area (Å²) < 4.78 is 6.17. The van der Waals surface area contributed by atoms with Gasteiger partial charge in [0.1, 0.15) is 5.76 Å². The Bertz CT molecular complexity index is 242. The third-order valence-corrected chi connectivity index (χ3v) is 2.24. The molecule has 0 radical (unpaired) electrons. The van der Waals surface area contributed by atoms with Gasteiger partial charge in [0.25, 0.3) is 0 Å². The van der Waals surface area contributed by atoms with Gasteiger partial charge < -0.3 is 9.73 Å². The van der Waals surface area contributed by atoms with Crippen LogP contribution in [0, 0.1) is 0 Å². The number of nitrogens with one attached hydrogen (secondary N) is 1. The SMILES string of the molecule is CNC(C)(C)c1ccc(Br)o1. The summed E-state index contributed by atoms with van der Waals surface area (Å²) >= 11 is 3.26. The van der Waals surface area contributed by atoms with Gasteiger partial charge in [0.2, 0.25) is 0 Å². The standard InChI is InChI=1S/C8H12BrNO/c1-8(2,10-3)6-4-5-7(9)11-6/h4-5,10H,1-3H3. The lowest BCUT2D eigenvalue weighted by molar-refractivity contribution is 0.335. The molecule has 3 heteroatoms. The Hall–Kier alpha value is -0.280. The minimum absolute atomic E-state index is 0.0913. The zero-order valence-corrected chi connectivity index (χ0v) is 8.53. The maximum absolute atomic E-state index is 5.39. The van der Waals surface area contributed by atoms with Crippen molar-refractivity contribution in [2.24, 2.45) is 0 Å². The second-order valence-electron chi connectivity index (χ2n) is 2.98. The van der Waals surface area contributed by atoms with Gasteiger partial charge in [-0.1, -0.05) is 0 Å². The highest BCUT2D eigenvalue weighted by Crippen LogP contribution is 2.24. The van der Waals surface area contributed by atoms with Crippen molar-refractivity contribution in [1.82, 2.24) is 5.32 Å². The second kappa shape index (κ2) is 2.99. The van der Waals surface area contributed by atoms with Gasteiger partial charge in [-0.05, 0) is 49.0 Å². The van der Waals surface area contributed by atoms with Gasteiger partial charge in [-0.15, -0.1) is 0 Å². The van der Waals surface area contributed by atoms with Crippen LogP contribution in [0.4, 0.5) is 0 Å². The lowest BCUT2D eigenvalue weighted by Crippen LogP contribution is -2.32. The average molecular weight is 218 g/mol. The molecule has 62 valence electrons. The van der Waals surface area contributed by atoms with Crippen LogP contribution in [0.2, 0.25) is 0 Å². The van der Waals surface area contributed by atoms with E-state index in [4.69, 9.17) is 4.42 Å². The fourth-order valence-electron chi connectivity index (χ4n) is 0.773. The van der Waals surface area contributed by atoms with E-state index in [1.807, 2.05) is 19.2 Å².